The maximum atomic E-state index is 12.6. The number of halogens is 1. The fraction of sp³-hybridized carbons (Fsp3) is 0.565. The van der Waals surface area contributed by atoms with E-state index in [4.69, 9.17) is 4.74 Å². The summed E-state index contributed by atoms with van der Waals surface area (Å²) in [7, 11) is 0. The number of hydrogen-bond donors (Lipinski definition) is 2. The van der Waals surface area contributed by atoms with Gasteiger partial charge in [0.1, 0.15) is 0 Å². The largest absolute Gasteiger partial charge is 0.374 e. The second-order valence-electron chi connectivity index (χ2n) is 8.54. The molecule has 1 aromatic carbocycles. The van der Waals surface area contributed by atoms with Crippen LogP contribution < -0.4 is 10.6 Å². The lowest BCUT2D eigenvalue weighted by atomic mass is 9.89. The second kappa shape index (κ2) is 10.9. The van der Waals surface area contributed by atoms with Crippen molar-refractivity contribution in [3.63, 3.8) is 0 Å². The topological polar surface area (TPSA) is 68.2 Å². The summed E-state index contributed by atoms with van der Waals surface area (Å²) in [6.45, 7) is 4.86. The molecule has 0 radical (unpaired) electrons. The first-order valence-corrected chi connectivity index (χ1v) is 10.9. The van der Waals surface area contributed by atoms with E-state index in [0.29, 0.717) is 24.4 Å². The molecule has 1 aliphatic heterocycles. The van der Waals surface area contributed by atoms with Crippen LogP contribution in [0.4, 0.5) is 5.69 Å². The van der Waals surface area contributed by atoms with Gasteiger partial charge in [-0.15, -0.1) is 12.4 Å². The van der Waals surface area contributed by atoms with Crippen molar-refractivity contribution in [3.8, 4) is 0 Å². The van der Waals surface area contributed by atoms with Crippen molar-refractivity contribution in [2.24, 2.45) is 5.92 Å². The van der Waals surface area contributed by atoms with E-state index >= 15 is 0 Å². The summed E-state index contributed by atoms with van der Waals surface area (Å²) in [5.74, 6) is 0.579. The lowest BCUT2D eigenvalue weighted by Gasteiger charge is -2.26. The SMILES string of the molecule is CC1CCCC(OCc2cccc(NC(=O)c3ccn(C4CCCNC4)n3)c2)C1.Cl. The highest BCUT2D eigenvalue weighted by Gasteiger charge is 2.20. The highest BCUT2D eigenvalue weighted by Crippen LogP contribution is 2.26. The fourth-order valence-electron chi connectivity index (χ4n) is 4.40. The summed E-state index contributed by atoms with van der Waals surface area (Å²) in [4.78, 5) is 12.6. The Morgan fingerprint density at radius 1 is 1.27 bits per heavy atom. The Morgan fingerprint density at radius 2 is 2.17 bits per heavy atom. The third-order valence-electron chi connectivity index (χ3n) is 6.04. The zero-order valence-electron chi connectivity index (χ0n) is 17.7. The highest BCUT2D eigenvalue weighted by molar-refractivity contribution is 6.02. The van der Waals surface area contributed by atoms with E-state index in [1.165, 1.54) is 12.8 Å². The van der Waals surface area contributed by atoms with E-state index in [1.807, 2.05) is 35.1 Å². The monoisotopic (exact) mass is 432 g/mol. The minimum absolute atomic E-state index is 0. The van der Waals surface area contributed by atoms with E-state index in [2.05, 4.69) is 22.7 Å². The minimum Gasteiger partial charge on any atom is -0.374 e. The smallest absolute Gasteiger partial charge is 0.276 e. The third-order valence-corrected chi connectivity index (χ3v) is 6.04. The van der Waals surface area contributed by atoms with Crippen molar-refractivity contribution in [1.82, 2.24) is 15.1 Å². The van der Waals surface area contributed by atoms with Crippen LogP contribution in [0.1, 0.15) is 67.5 Å². The van der Waals surface area contributed by atoms with Crippen LogP contribution in [0.5, 0.6) is 0 Å². The van der Waals surface area contributed by atoms with Gasteiger partial charge in [0.05, 0.1) is 18.8 Å². The Hall–Kier alpha value is -1.89. The molecule has 6 nitrogen and oxygen atoms in total. The van der Waals surface area contributed by atoms with Gasteiger partial charge in [0.15, 0.2) is 5.69 Å². The van der Waals surface area contributed by atoms with Crippen LogP contribution >= 0.6 is 12.4 Å². The number of nitrogens with one attached hydrogen (secondary N) is 2. The number of rotatable bonds is 6. The molecule has 2 aliphatic rings. The minimum atomic E-state index is -0.174. The first-order valence-electron chi connectivity index (χ1n) is 10.9. The number of ether oxygens (including phenoxy) is 1. The van der Waals surface area contributed by atoms with Crippen LogP contribution in [-0.2, 0) is 11.3 Å². The Kier molecular flexibility index (Phi) is 8.31. The molecule has 3 unspecified atom stereocenters. The predicted molar refractivity (Wildman–Crippen MR) is 121 cm³/mol. The van der Waals surface area contributed by atoms with Crippen LogP contribution in [0.3, 0.4) is 0 Å². The predicted octanol–water partition coefficient (Wildman–Crippen LogP) is 4.58. The van der Waals surface area contributed by atoms with Gasteiger partial charge >= 0.3 is 0 Å². The van der Waals surface area contributed by atoms with Gasteiger partial charge in [0.2, 0.25) is 0 Å². The molecule has 0 bridgehead atoms. The highest BCUT2D eigenvalue weighted by atomic mass is 35.5. The summed E-state index contributed by atoms with van der Waals surface area (Å²) in [5.41, 5.74) is 2.32. The van der Waals surface area contributed by atoms with Gasteiger partial charge in [-0.3, -0.25) is 9.48 Å². The molecule has 1 aromatic heterocycles. The number of carbonyl (C=O) groups is 1. The molecule has 2 aromatic rings. The van der Waals surface area contributed by atoms with Crippen molar-refractivity contribution >= 4 is 24.0 Å². The molecular formula is C23H33ClN4O2. The molecule has 0 spiro atoms. The van der Waals surface area contributed by atoms with Crippen LogP contribution in [0.2, 0.25) is 0 Å². The Balaban J connectivity index is 0.00000256. The van der Waals surface area contributed by atoms with Crippen LogP contribution in [0.25, 0.3) is 0 Å². The van der Waals surface area contributed by atoms with Crippen molar-refractivity contribution < 1.29 is 9.53 Å². The Morgan fingerprint density at radius 3 is 2.97 bits per heavy atom. The molecule has 164 valence electrons. The molecule has 2 N–H and O–H groups in total. The number of nitrogens with zero attached hydrogens (tertiary/aromatic N) is 2. The van der Waals surface area contributed by atoms with Crippen molar-refractivity contribution in [2.75, 3.05) is 18.4 Å². The lowest BCUT2D eigenvalue weighted by molar-refractivity contribution is 0.00468. The zero-order chi connectivity index (χ0) is 20.1. The standard InChI is InChI=1S/C23H32N4O2.ClH/c1-17-5-2-9-21(13-17)29-16-18-6-3-7-19(14-18)25-23(28)22-10-12-27(26-22)20-8-4-11-24-15-20;/h3,6-7,10,12,14,17,20-21,24H,2,4-5,8-9,11,13,15-16H2,1H3,(H,25,28);1H. The van der Waals surface area contributed by atoms with Crippen LogP contribution in [-0.4, -0.2) is 34.9 Å². The van der Waals surface area contributed by atoms with Crippen molar-refractivity contribution in [2.45, 2.75) is 64.2 Å². The molecule has 1 aliphatic carbocycles. The van der Waals surface area contributed by atoms with E-state index in [0.717, 1.165) is 55.9 Å². The van der Waals surface area contributed by atoms with Gasteiger partial charge in [0.25, 0.3) is 5.91 Å². The maximum absolute atomic E-state index is 12.6. The molecule has 3 atom stereocenters. The summed E-state index contributed by atoms with van der Waals surface area (Å²) in [6.07, 6.45) is 9.37. The molecular weight excluding hydrogens is 400 g/mol. The lowest BCUT2D eigenvalue weighted by Crippen LogP contribution is -2.32. The fourth-order valence-corrected chi connectivity index (χ4v) is 4.40. The summed E-state index contributed by atoms with van der Waals surface area (Å²) in [6, 6.07) is 10.0. The van der Waals surface area contributed by atoms with Gasteiger partial charge in [0, 0.05) is 18.4 Å². The van der Waals surface area contributed by atoms with E-state index < -0.39 is 0 Å². The van der Waals surface area contributed by atoms with Crippen molar-refractivity contribution in [3.05, 3.63) is 47.8 Å². The molecule has 30 heavy (non-hydrogen) atoms. The van der Waals surface area contributed by atoms with Gasteiger partial charge < -0.3 is 15.4 Å². The van der Waals surface area contributed by atoms with E-state index in [1.54, 1.807) is 6.07 Å². The molecule has 4 rings (SSSR count). The van der Waals surface area contributed by atoms with E-state index in [-0.39, 0.29) is 18.3 Å². The molecule has 1 saturated heterocycles. The van der Waals surface area contributed by atoms with Gasteiger partial charge in [-0.1, -0.05) is 31.9 Å². The van der Waals surface area contributed by atoms with Gasteiger partial charge in [-0.25, -0.2) is 0 Å². The van der Waals surface area contributed by atoms with Crippen LogP contribution in [0.15, 0.2) is 36.5 Å². The molecule has 2 heterocycles. The summed E-state index contributed by atoms with van der Waals surface area (Å²) < 4.78 is 8.03. The normalized spacial score (nSPS) is 24.1. The molecule has 1 amide bonds. The number of benzene rings is 1. The second-order valence-corrected chi connectivity index (χ2v) is 8.54. The summed E-state index contributed by atoms with van der Waals surface area (Å²) in [5, 5.41) is 10.9. The quantitative estimate of drug-likeness (QED) is 0.701. The first kappa shape index (κ1) is 22.8. The zero-order valence-corrected chi connectivity index (χ0v) is 18.5. The average molecular weight is 433 g/mol. The van der Waals surface area contributed by atoms with Crippen molar-refractivity contribution in [1.29, 1.82) is 0 Å². The molecule has 7 heteroatoms. The summed E-state index contributed by atoms with van der Waals surface area (Å²) >= 11 is 0. The number of hydrogen-bond acceptors (Lipinski definition) is 4. The van der Waals surface area contributed by atoms with E-state index in [9.17, 15) is 4.79 Å². The number of aromatic nitrogens is 2. The first-order chi connectivity index (χ1) is 14.2. The molecule has 2 fully saturated rings. The average Bonchev–Trinajstić information content (AvgIpc) is 3.24. The third kappa shape index (κ3) is 6.06. The molecule has 1 saturated carbocycles. The number of carbonyl (C=O) groups excluding carboxylic acids is 1. The van der Waals surface area contributed by atoms with Gasteiger partial charge in [-0.05, 0) is 61.9 Å². The van der Waals surface area contributed by atoms with Crippen LogP contribution in [0, 0.1) is 5.92 Å². The number of anilines is 1. The Labute approximate surface area is 185 Å². The number of piperidine rings is 1. The Bertz CT molecular complexity index is 819. The van der Waals surface area contributed by atoms with Gasteiger partial charge in [-0.2, -0.15) is 5.10 Å². The maximum Gasteiger partial charge on any atom is 0.276 e. The number of amides is 1.